The molecule has 29 heavy (non-hydrogen) atoms. The molecule has 1 unspecified atom stereocenters. The Morgan fingerprint density at radius 3 is 2.69 bits per heavy atom. The minimum absolute atomic E-state index is 0.112. The van der Waals surface area contributed by atoms with E-state index in [0.717, 1.165) is 41.9 Å². The third kappa shape index (κ3) is 4.48. The van der Waals surface area contributed by atoms with Gasteiger partial charge in [-0.1, -0.05) is 54.6 Å². The van der Waals surface area contributed by atoms with Crippen molar-refractivity contribution in [1.82, 2.24) is 14.7 Å². The van der Waals surface area contributed by atoms with E-state index in [2.05, 4.69) is 48.4 Å². The van der Waals surface area contributed by atoms with Crippen molar-refractivity contribution in [3.8, 4) is 0 Å². The second-order valence-corrected chi connectivity index (χ2v) is 7.76. The van der Waals surface area contributed by atoms with Crippen molar-refractivity contribution in [3.63, 3.8) is 0 Å². The lowest BCUT2D eigenvalue weighted by Gasteiger charge is -2.22. The Morgan fingerprint density at radius 2 is 1.93 bits per heavy atom. The maximum absolute atomic E-state index is 13.2. The van der Waals surface area contributed by atoms with Gasteiger partial charge in [-0.25, -0.2) is 0 Å². The minimum atomic E-state index is 0.112. The van der Waals surface area contributed by atoms with E-state index >= 15 is 0 Å². The largest absolute Gasteiger partial charge is 0.332 e. The van der Waals surface area contributed by atoms with E-state index in [-0.39, 0.29) is 11.9 Å². The average molecular weight is 386 g/mol. The zero-order chi connectivity index (χ0) is 20.2. The standard InChI is InChI=1S/C25H27N3O/c1-19-16-20(2)28(26-19)18-22-10-6-11-23(17-22)25(29)27-15-7-12-24(27)14-13-21-8-4-3-5-9-21/h3-6,8-11,13-14,16-17,24H,7,12,15,18H2,1-2H3. The first-order valence-corrected chi connectivity index (χ1v) is 10.2. The van der Waals surface area contributed by atoms with Gasteiger partial charge in [-0.05, 0) is 56.0 Å². The van der Waals surface area contributed by atoms with Gasteiger partial charge in [0.2, 0.25) is 0 Å². The molecule has 3 aromatic rings. The summed E-state index contributed by atoms with van der Waals surface area (Å²) in [5, 5.41) is 4.53. The van der Waals surface area contributed by atoms with Gasteiger partial charge in [0.1, 0.15) is 0 Å². The van der Waals surface area contributed by atoms with Crippen molar-refractivity contribution in [2.75, 3.05) is 6.54 Å². The molecule has 4 nitrogen and oxygen atoms in total. The highest BCUT2D eigenvalue weighted by Gasteiger charge is 2.27. The van der Waals surface area contributed by atoms with Gasteiger partial charge < -0.3 is 4.90 Å². The molecule has 4 heteroatoms. The summed E-state index contributed by atoms with van der Waals surface area (Å²) in [4.78, 5) is 15.2. The van der Waals surface area contributed by atoms with E-state index in [1.807, 2.05) is 52.9 Å². The van der Waals surface area contributed by atoms with Crippen LogP contribution in [0.4, 0.5) is 0 Å². The van der Waals surface area contributed by atoms with Crippen LogP contribution in [0.3, 0.4) is 0 Å². The molecule has 2 heterocycles. The maximum atomic E-state index is 13.2. The fourth-order valence-corrected chi connectivity index (χ4v) is 4.01. The topological polar surface area (TPSA) is 38.1 Å². The number of aryl methyl sites for hydroxylation is 2. The summed E-state index contributed by atoms with van der Waals surface area (Å²) >= 11 is 0. The summed E-state index contributed by atoms with van der Waals surface area (Å²) in [6, 6.07) is 20.4. The van der Waals surface area contributed by atoms with Gasteiger partial charge in [0.15, 0.2) is 0 Å². The van der Waals surface area contributed by atoms with Crippen molar-refractivity contribution in [2.24, 2.45) is 0 Å². The van der Waals surface area contributed by atoms with Gasteiger partial charge in [-0.15, -0.1) is 0 Å². The van der Waals surface area contributed by atoms with Gasteiger partial charge >= 0.3 is 0 Å². The number of likely N-dealkylation sites (tertiary alicyclic amines) is 1. The smallest absolute Gasteiger partial charge is 0.254 e. The van der Waals surface area contributed by atoms with Crippen molar-refractivity contribution < 1.29 is 4.79 Å². The zero-order valence-electron chi connectivity index (χ0n) is 17.1. The molecule has 1 aliphatic heterocycles. The summed E-state index contributed by atoms with van der Waals surface area (Å²) in [5.41, 5.74) is 5.16. The molecule has 1 amide bonds. The molecule has 0 bridgehead atoms. The molecule has 0 radical (unpaired) electrons. The van der Waals surface area contributed by atoms with Crippen LogP contribution in [0.1, 0.15) is 45.7 Å². The predicted octanol–water partition coefficient (Wildman–Crippen LogP) is 4.87. The van der Waals surface area contributed by atoms with E-state index in [4.69, 9.17) is 0 Å². The molecule has 4 rings (SSSR count). The molecule has 0 spiro atoms. The molecule has 1 aromatic heterocycles. The number of hydrogen-bond donors (Lipinski definition) is 0. The number of carbonyl (C=O) groups is 1. The van der Waals surface area contributed by atoms with Crippen LogP contribution in [-0.2, 0) is 6.54 Å². The van der Waals surface area contributed by atoms with E-state index < -0.39 is 0 Å². The summed E-state index contributed by atoms with van der Waals surface area (Å²) in [6.45, 7) is 5.55. The Balaban J connectivity index is 1.49. The zero-order valence-corrected chi connectivity index (χ0v) is 17.1. The Kier molecular flexibility index (Phi) is 5.61. The Labute approximate surface area is 172 Å². The molecule has 0 saturated carbocycles. The summed E-state index contributed by atoms with van der Waals surface area (Å²) in [7, 11) is 0. The number of aromatic nitrogens is 2. The van der Waals surface area contributed by atoms with Crippen molar-refractivity contribution in [2.45, 2.75) is 39.3 Å². The van der Waals surface area contributed by atoms with Gasteiger partial charge in [-0.2, -0.15) is 5.10 Å². The Bertz CT molecular complexity index is 1020. The number of hydrogen-bond acceptors (Lipinski definition) is 2. The fourth-order valence-electron chi connectivity index (χ4n) is 4.01. The molecule has 0 N–H and O–H groups in total. The summed E-state index contributed by atoms with van der Waals surface area (Å²) < 4.78 is 1.99. The molecule has 0 aliphatic carbocycles. The quantitative estimate of drug-likeness (QED) is 0.629. The maximum Gasteiger partial charge on any atom is 0.254 e. The van der Waals surface area contributed by atoms with Crippen LogP contribution < -0.4 is 0 Å². The molecular weight excluding hydrogens is 358 g/mol. The molecule has 148 valence electrons. The van der Waals surface area contributed by atoms with E-state index in [0.29, 0.717) is 6.54 Å². The second-order valence-electron chi connectivity index (χ2n) is 7.76. The summed E-state index contributed by atoms with van der Waals surface area (Å²) in [5.74, 6) is 0.112. The second kappa shape index (κ2) is 8.48. The highest BCUT2D eigenvalue weighted by molar-refractivity contribution is 5.95. The van der Waals surface area contributed by atoms with Crippen LogP contribution in [0.25, 0.3) is 6.08 Å². The van der Waals surface area contributed by atoms with Gasteiger partial charge in [-0.3, -0.25) is 9.48 Å². The highest BCUT2D eigenvalue weighted by Crippen LogP contribution is 2.22. The molecule has 2 aromatic carbocycles. The van der Waals surface area contributed by atoms with E-state index in [1.54, 1.807) is 0 Å². The van der Waals surface area contributed by atoms with E-state index in [1.165, 1.54) is 5.56 Å². The number of amides is 1. The lowest BCUT2D eigenvalue weighted by Crippen LogP contribution is -2.34. The van der Waals surface area contributed by atoms with Crippen LogP contribution in [0.15, 0.2) is 66.7 Å². The predicted molar refractivity (Wildman–Crippen MR) is 117 cm³/mol. The van der Waals surface area contributed by atoms with Crippen molar-refractivity contribution in [1.29, 1.82) is 0 Å². The van der Waals surface area contributed by atoms with Gasteiger partial charge in [0.25, 0.3) is 5.91 Å². The average Bonchev–Trinajstić information content (AvgIpc) is 3.32. The molecule has 1 fully saturated rings. The fraction of sp³-hybridized carbons (Fsp3) is 0.280. The molecule has 1 atom stereocenters. The molecule has 1 saturated heterocycles. The lowest BCUT2D eigenvalue weighted by atomic mass is 10.1. The van der Waals surface area contributed by atoms with Crippen molar-refractivity contribution >= 4 is 12.0 Å². The first kappa shape index (κ1) is 19.2. The van der Waals surface area contributed by atoms with Crippen LogP contribution >= 0.6 is 0 Å². The van der Waals surface area contributed by atoms with Crippen LogP contribution in [0, 0.1) is 13.8 Å². The van der Waals surface area contributed by atoms with E-state index in [9.17, 15) is 4.79 Å². The van der Waals surface area contributed by atoms with Gasteiger partial charge in [0, 0.05) is 17.8 Å². The first-order chi connectivity index (χ1) is 14.1. The highest BCUT2D eigenvalue weighted by atomic mass is 16.2. The Morgan fingerprint density at radius 1 is 1.10 bits per heavy atom. The van der Waals surface area contributed by atoms with Crippen LogP contribution in [-0.4, -0.2) is 33.2 Å². The van der Waals surface area contributed by atoms with Crippen molar-refractivity contribution in [3.05, 3.63) is 94.8 Å². The third-order valence-corrected chi connectivity index (χ3v) is 5.48. The van der Waals surface area contributed by atoms with Crippen LogP contribution in [0.2, 0.25) is 0 Å². The molecular formula is C25H27N3O. The number of carbonyl (C=O) groups excluding carboxylic acids is 1. The SMILES string of the molecule is Cc1cc(C)n(Cc2cccc(C(=O)N3CCCC3C=Cc3ccccc3)c2)n1. The minimum Gasteiger partial charge on any atom is -0.332 e. The lowest BCUT2D eigenvalue weighted by molar-refractivity contribution is 0.0762. The molecule has 1 aliphatic rings. The monoisotopic (exact) mass is 385 g/mol. The number of rotatable bonds is 5. The number of nitrogens with zero attached hydrogens (tertiary/aromatic N) is 3. The number of benzene rings is 2. The summed E-state index contributed by atoms with van der Waals surface area (Å²) in [6.07, 6.45) is 6.34. The Hall–Kier alpha value is -3.14. The third-order valence-electron chi connectivity index (χ3n) is 5.48. The van der Waals surface area contributed by atoms with Gasteiger partial charge in [0.05, 0.1) is 18.3 Å². The van der Waals surface area contributed by atoms with Crippen LogP contribution in [0.5, 0.6) is 0 Å². The first-order valence-electron chi connectivity index (χ1n) is 10.2. The normalized spacial score (nSPS) is 16.6.